The second kappa shape index (κ2) is 10.5. The van der Waals surface area contributed by atoms with Gasteiger partial charge in [-0.05, 0) is 49.0 Å². The highest BCUT2D eigenvalue weighted by molar-refractivity contribution is 8.02. The van der Waals surface area contributed by atoms with Crippen molar-refractivity contribution in [2.45, 2.75) is 53.5 Å². The first-order valence-electron chi connectivity index (χ1n) is 11.2. The van der Waals surface area contributed by atoms with E-state index < -0.39 is 22.2 Å². The molecule has 5 rings (SSSR count). The van der Waals surface area contributed by atoms with E-state index in [1.165, 1.54) is 12.1 Å². The van der Waals surface area contributed by atoms with Crippen LogP contribution in [0.3, 0.4) is 0 Å². The largest absolute Gasteiger partial charge is 0.459 e. The fourth-order valence-corrected chi connectivity index (χ4v) is 8.25. The van der Waals surface area contributed by atoms with Gasteiger partial charge in [0.05, 0.1) is 9.64 Å². The van der Waals surface area contributed by atoms with Gasteiger partial charge in [-0.25, -0.2) is 4.79 Å². The van der Waals surface area contributed by atoms with Crippen LogP contribution in [0.25, 0.3) is 0 Å². The van der Waals surface area contributed by atoms with Crippen molar-refractivity contribution in [1.82, 2.24) is 4.90 Å². The van der Waals surface area contributed by atoms with Crippen LogP contribution in [0, 0.1) is 6.92 Å². The molecular weight excluding hydrogens is 508 g/mol. The summed E-state index contributed by atoms with van der Waals surface area (Å²) in [5.74, 6) is 1.61. The third kappa shape index (κ3) is 5.54. The number of carbonyl (C=O) groups is 2. The van der Waals surface area contributed by atoms with E-state index >= 15 is 0 Å². The minimum Gasteiger partial charge on any atom is -0.459 e. The Morgan fingerprint density at radius 3 is 2.37 bits per heavy atom. The second-order valence-corrected chi connectivity index (χ2v) is 12.9. The molecule has 0 aliphatic carbocycles. The highest BCUT2D eigenvalue weighted by Crippen LogP contribution is 2.56. The number of hydrogen-bond donors (Lipinski definition) is 2. The topological polar surface area (TPSA) is 127 Å². The van der Waals surface area contributed by atoms with E-state index in [2.05, 4.69) is 0 Å². The van der Waals surface area contributed by atoms with Crippen molar-refractivity contribution < 1.29 is 27.3 Å². The SMILES string of the molecule is Cc1ccc(S(=O)(=O)O)cc1.NC1C(=O)N2C(C(=O)OCc3ccccc3)C3(CCSCC3)S[C@@H]12. The normalized spacial score (nSPS) is 24.7. The van der Waals surface area contributed by atoms with E-state index in [0.717, 1.165) is 35.5 Å². The Kier molecular flexibility index (Phi) is 7.82. The van der Waals surface area contributed by atoms with Crippen molar-refractivity contribution in [3.63, 3.8) is 0 Å². The van der Waals surface area contributed by atoms with Gasteiger partial charge in [-0.15, -0.1) is 11.8 Å². The minimum absolute atomic E-state index is 0.0666. The summed E-state index contributed by atoms with van der Waals surface area (Å²) in [6.45, 7) is 2.08. The number of aryl methyl sites for hydroxylation is 1. The summed E-state index contributed by atoms with van der Waals surface area (Å²) >= 11 is 3.62. The number of thioether (sulfide) groups is 2. The fourth-order valence-electron chi connectivity index (χ4n) is 4.43. The van der Waals surface area contributed by atoms with Gasteiger partial charge < -0.3 is 15.4 Å². The molecular formula is C24H28N2O6S3. The third-order valence-corrected chi connectivity index (χ3v) is 10.1. The van der Waals surface area contributed by atoms with Gasteiger partial charge in [0.25, 0.3) is 10.1 Å². The predicted molar refractivity (Wildman–Crippen MR) is 137 cm³/mol. The predicted octanol–water partition coefficient (Wildman–Crippen LogP) is 2.85. The van der Waals surface area contributed by atoms with Crippen molar-refractivity contribution >= 4 is 45.5 Å². The number of rotatable bonds is 4. The molecule has 2 unspecified atom stereocenters. The van der Waals surface area contributed by atoms with Gasteiger partial charge in [-0.3, -0.25) is 9.35 Å². The van der Waals surface area contributed by atoms with Crippen LogP contribution in [-0.4, -0.2) is 63.5 Å². The quantitative estimate of drug-likeness (QED) is 0.344. The molecule has 1 spiro atoms. The molecule has 2 aromatic carbocycles. The van der Waals surface area contributed by atoms with Crippen LogP contribution in [0.5, 0.6) is 0 Å². The van der Waals surface area contributed by atoms with Gasteiger partial charge in [0.15, 0.2) is 0 Å². The minimum atomic E-state index is -4.02. The van der Waals surface area contributed by atoms with Gasteiger partial charge in [0, 0.05) is 0 Å². The second-order valence-electron chi connectivity index (χ2n) is 8.74. The van der Waals surface area contributed by atoms with Crippen LogP contribution in [0.1, 0.15) is 24.0 Å². The summed E-state index contributed by atoms with van der Waals surface area (Å²) in [4.78, 5) is 26.7. The molecule has 3 saturated heterocycles. The number of fused-ring (bicyclic) bond motifs is 1. The Hall–Kier alpha value is -2.05. The van der Waals surface area contributed by atoms with E-state index in [1.54, 1.807) is 28.8 Å². The molecule has 3 aliphatic heterocycles. The average molecular weight is 537 g/mol. The van der Waals surface area contributed by atoms with Crippen LogP contribution in [-0.2, 0) is 31.1 Å². The van der Waals surface area contributed by atoms with E-state index in [0.29, 0.717) is 0 Å². The van der Waals surface area contributed by atoms with Crippen LogP contribution in [0.15, 0.2) is 59.5 Å². The van der Waals surface area contributed by atoms with Gasteiger partial charge in [0.2, 0.25) is 5.91 Å². The fraction of sp³-hybridized carbons (Fsp3) is 0.417. The Morgan fingerprint density at radius 1 is 1.14 bits per heavy atom. The van der Waals surface area contributed by atoms with Gasteiger partial charge >= 0.3 is 5.97 Å². The number of hydrogen-bond acceptors (Lipinski definition) is 8. The highest BCUT2D eigenvalue weighted by Gasteiger charge is 2.66. The van der Waals surface area contributed by atoms with Gasteiger partial charge in [-0.2, -0.15) is 20.2 Å². The Labute approximate surface area is 213 Å². The molecule has 188 valence electrons. The molecule has 2 aromatic rings. The smallest absolute Gasteiger partial charge is 0.330 e. The number of nitrogens with zero attached hydrogens (tertiary/aromatic N) is 1. The Balaban J connectivity index is 0.000000221. The summed E-state index contributed by atoms with van der Waals surface area (Å²) in [6, 6.07) is 14.6. The lowest BCUT2D eigenvalue weighted by Gasteiger charge is -2.42. The molecule has 3 heterocycles. The van der Waals surface area contributed by atoms with Crippen LogP contribution < -0.4 is 5.73 Å². The molecule has 3 atom stereocenters. The molecule has 0 radical (unpaired) electrons. The summed E-state index contributed by atoms with van der Waals surface area (Å²) in [7, 11) is -4.02. The Bertz CT molecular complexity index is 1170. The molecule has 35 heavy (non-hydrogen) atoms. The standard InChI is InChI=1S/C17H20N2O3S2.C7H8O3S/c18-12-14(20)19-13(16(21)22-10-11-4-2-1-3-5-11)17(24-15(12)19)6-8-23-9-7-17;1-6-2-4-7(5-3-6)11(8,9)10/h1-5,12-13,15H,6-10,18H2;2-5H,1H3,(H,8,9,10)/t12?,13?,15-;/m0./s1. The first-order chi connectivity index (χ1) is 16.6. The number of amides is 1. The van der Waals surface area contributed by atoms with Crippen molar-refractivity contribution in [2.24, 2.45) is 5.73 Å². The van der Waals surface area contributed by atoms with Gasteiger partial charge in [-0.1, -0.05) is 48.0 Å². The summed E-state index contributed by atoms with van der Waals surface area (Å²) in [5.41, 5.74) is 7.86. The van der Waals surface area contributed by atoms with Crippen LogP contribution in [0.4, 0.5) is 0 Å². The van der Waals surface area contributed by atoms with Crippen molar-refractivity contribution in [2.75, 3.05) is 11.5 Å². The Morgan fingerprint density at radius 2 is 1.77 bits per heavy atom. The zero-order valence-electron chi connectivity index (χ0n) is 19.2. The third-order valence-electron chi connectivity index (χ3n) is 6.36. The molecule has 3 N–H and O–H groups in total. The lowest BCUT2D eigenvalue weighted by Crippen LogP contribution is -2.69. The van der Waals surface area contributed by atoms with E-state index in [4.69, 9.17) is 15.0 Å². The lowest BCUT2D eigenvalue weighted by atomic mass is 9.89. The molecule has 1 amide bonds. The van der Waals surface area contributed by atoms with E-state index in [9.17, 15) is 18.0 Å². The van der Waals surface area contributed by atoms with Crippen LogP contribution >= 0.6 is 23.5 Å². The molecule has 3 aliphatic rings. The molecule has 0 aromatic heterocycles. The molecule has 0 saturated carbocycles. The van der Waals surface area contributed by atoms with Crippen molar-refractivity contribution in [3.8, 4) is 0 Å². The number of β-lactam (4-membered cyclic amide) rings is 1. The number of nitrogens with two attached hydrogens (primary N) is 1. The highest BCUT2D eigenvalue weighted by atomic mass is 32.2. The summed E-state index contributed by atoms with van der Waals surface area (Å²) in [6.07, 6.45) is 1.83. The summed E-state index contributed by atoms with van der Waals surface area (Å²) in [5, 5.41) is -0.0742. The maximum absolute atomic E-state index is 12.9. The summed E-state index contributed by atoms with van der Waals surface area (Å²) < 4.78 is 34.9. The van der Waals surface area contributed by atoms with Crippen molar-refractivity contribution in [3.05, 3.63) is 65.7 Å². The lowest BCUT2D eigenvalue weighted by molar-refractivity contribution is -0.164. The monoisotopic (exact) mass is 536 g/mol. The molecule has 8 nitrogen and oxygen atoms in total. The maximum atomic E-state index is 12.9. The van der Waals surface area contributed by atoms with Crippen molar-refractivity contribution in [1.29, 1.82) is 0 Å². The zero-order valence-corrected chi connectivity index (χ0v) is 21.7. The number of carbonyl (C=O) groups excluding carboxylic acids is 2. The van der Waals surface area contributed by atoms with Gasteiger partial charge in [0.1, 0.15) is 24.1 Å². The number of esters is 1. The molecule has 0 bridgehead atoms. The zero-order chi connectivity index (χ0) is 25.2. The molecule has 3 fully saturated rings. The molecule has 11 heteroatoms. The van der Waals surface area contributed by atoms with E-state index in [1.807, 2.05) is 49.0 Å². The first-order valence-corrected chi connectivity index (χ1v) is 14.7. The first kappa shape index (κ1) is 26.0. The number of ether oxygens (including phenoxy) is 1. The number of benzene rings is 2. The van der Waals surface area contributed by atoms with Crippen LogP contribution in [0.2, 0.25) is 0 Å². The maximum Gasteiger partial charge on any atom is 0.330 e. The van der Waals surface area contributed by atoms with E-state index in [-0.39, 0.29) is 33.5 Å². The average Bonchev–Trinajstić information content (AvgIpc) is 3.14.